The van der Waals surface area contributed by atoms with Crippen molar-refractivity contribution in [2.45, 2.75) is 39.2 Å². The highest BCUT2D eigenvalue weighted by atomic mass is 16.4. The van der Waals surface area contributed by atoms with Crippen molar-refractivity contribution in [2.75, 3.05) is 0 Å². The maximum atomic E-state index is 10.9. The zero-order valence-corrected chi connectivity index (χ0v) is 7.58. The largest absolute Gasteiger partial charge is 0.481 e. The lowest BCUT2D eigenvalue weighted by Gasteiger charge is -2.43. The first-order valence-corrected chi connectivity index (χ1v) is 4.42. The maximum absolute atomic E-state index is 10.9. The Hall–Kier alpha value is -0.570. The fourth-order valence-electron chi connectivity index (χ4n) is 1.83. The van der Waals surface area contributed by atoms with Crippen LogP contribution in [0.15, 0.2) is 0 Å². The molecule has 1 fully saturated rings. The molecule has 1 saturated carbocycles. The molecule has 3 nitrogen and oxygen atoms in total. The van der Waals surface area contributed by atoms with Crippen molar-refractivity contribution < 1.29 is 15.0 Å². The minimum atomic E-state index is -0.838. The van der Waals surface area contributed by atoms with Crippen LogP contribution >= 0.6 is 0 Å². The van der Waals surface area contributed by atoms with Crippen LogP contribution in [0.25, 0.3) is 0 Å². The summed E-state index contributed by atoms with van der Waals surface area (Å²) in [7, 11) is 0. The molecule has 1 aliphatic carbocycles. The lowest BCUT2D eigenvalue weighted by molar-refractivity contribution is -0.168. The minimum absolute atomic E-state index is 0.0291. The molecule has 12 heavy (non-hydrogen) atoms. The lowest BCUT2D eigenvalue weighted by atomic mass is 9.63. The van der Waals surface area contributed by atoms with E-state index in [0.717, 1.165) is 6.42 Å². The van der Waals surface area contributed by atoms with Gasteiger partial charge in [0, 0.05) is 0 Å². The van der Waals surface area contributed by atoms with Crippen molar-refractivity contribution in [1.82, 2.24) is 0 Å². The third-order valence-electron chi connectivity index (χ3n) is 2.87. The highest BCUT2D eigenvalue weighted by Crippen LogP contribution is 2.46. The Morgan fingerprint density at radius 2 is 1.92 bits per heavy atom. The summed E-state index contributed by atoms with van der Waals surface area (Å²) in [6.45, 7) is 3.71. The Balaban J connectivity index is 2.73. The molecular formula is C9H16O3. The van der Waals surface area contributed by atoms with Crippen LogP contribution in [0.3, 0.4) is 0 Å². The minimum Gasteiger partial charge on any atom is -0.481 e. The van der Waals surface area contributed by atoms with Crippen LogP contribution in [0.2, 0.25) is 0 Å². The molecule has 0 aromatic heterocycles. The molecule has 1 aliphatic rings. The summed E-state index contributed by atoms with van der Waals surface area (Å²) in [6.07, 6.45) is 1.49. The number of carbonyl (C=O) groups is 1. The van der Waals surface area contributed by atoms with Crippen molar-refractivity contribution in [3.8, 4) is 0 Å². The third kappa shape index (κ3) is 1.22. The maximum Gasteiger partial charge on any atom is 0.312 e. The molecule has 0 amide bonds. The van der Waals surface area contributed by atoms with Gasteiger partial charge < -0.3 is 10.2 Å². The summed E-state index contributed by atoms with van der Waals surface area (Å²) in [6, 6.07) is 0. The van der Waals surface area contributed by atoms with Crippen molar-refractivity contribution >= 4 is 5.97 Å². The summed E-state index contributed by atoms with van der Waals surface area (Å²) in [5.41, 5.74) is -0.825. The molecule has 0 radical (unpaired) electrons. The van der Waals surface area contributed by atoms with Gasteiger partial charge in [0.1, 0.15) is 0 Å². The van der Waals surface area contributed by atoms with Crippen LogP contribution < -0.4 is 0 Å². The highest BCUT2D eigenvalue weighted by Gasteiger charge is 2.50. The predicted molar refractivity (Wildman–Crippen MR) is 44.8 cm³/mol. The Bertz CT molecular complexity index is 182. The second-order valence-electron chi connectivity index (χ2n) is 4.00. The quantitative estimate of drug-likeness (QED) is 0.673. The van der Waals surface area contributed by atoms with Gasteiger partial charge in [0.05, 0.1) is 11.5 Å². The molecule has 2 N–H and O–H groups in total. The van der Waals surface area contributed by atoms with Crippen LogP contribution in [-0.2, 0) is 4.79 Å². The van der Waals surface area contributed by atoms with E-state index in [2.05, 4.69) is 0 Å². The van der Waals surface area contributed by atoms with Crippen LogP contribution in [0.5, 0.6) is 0 Å². The van der Waals surface area contributed by atoms with Gasteiger partial charge in [-0.2, -0.15) is 0 Å². The molecule has 1 rings (SSSR count). The summed E-state index contributed by atoms with van der Waals surface area (Å²) in [4.78, 5) is 10.9. The van der Waals surface area contributed by atoms with E-state index < -0.39 is 17.5 Å². The molecular weight excluding hydrogens is 156 g/mol. The van der Waals surface area contributed by atoms with Crippen molar-refractivity contribution in [1.29, 1.82) is 0 Å². The van der Waals surface area contributed by atoms with Gasteiger partial charge >= 0.3 is 5.97 Å². The SMILES string of the molecule is CC(C)C(O)C1(C(=O)O)CCC1. The molecule has 70 valence electrons. The Morgan fingerprint density at radius 1 is 1.42 bits per heavy atom. The normalized spacial score (nSPS) is 23.3. The van der Waals surface area contributed by atoms with Gasteiger partial charge in [0.25, 0.3) is 0 Å². The van der Waals surface area contributed by atoms with E-state index in [-0.39, 0.29) is 5.92 Å². The van der Waals surface area contributed by atoms with Gasteiger partial charge in [-0.1, -0.05) is 20.3 Å². The summed E-state index contributed by atoms with van der Waals surface area (Å²) in [5.74, 6) is -0.809. The summed E-state index contributed by atoms with van der Waals surface area (Å²) < 4.78 is 0. The van der Waals surface area contributed by atoms with E-state index in [1.165, 1.54) is 0 Å². The second kappa shape index (κ2) is 3.05. The average Bonchev–Trinajstić information content (AvgIpc) is 1.83. The van der Waals surface area contributed by atoms with Gasteiger partial charge in [-0.05, 0) is 18.8 Å². The van der Waals surface area contributed by atoms with Gasteiger partial charge in [0.15, 0.2) is 0 Å². The molecule has 0 spiro atoms. The zero-order valence-electron chi connectivity index (χ0n) is 7.58. The average molecular weight is 172 g/mol. The number of aliphatic carboxylic acids is 1. The van der Waals surface area contributed by atoms with Crippen molar-refractivity contribution in [3.05, 3.63) is 0 Å². The fraction of sp³-hybridized carbons (Fsp3) is 0.889. The summed E-state index contributed by atoms with van der Waals surface area (Å²) >= 11 is 0. The third-order valence-corrected chi connectivity index (χ3v) is 2.87. The van der Waals surface area contributed by atoms with Gasteiger partial charge in [0.2, 0.25) is 0 Å². The van der Waals surface area contributed by atoms with Crippen molar-refractivity contribution in [3.63, 3.8) is 0 Å². The zero-order chi connectivity index (χ0) is 9.35. The molecule has 0 saturated heterocycles. The molecule has 1 atom stereocenters. The highest BCUT2D eigenvalue weighted by molar-refractivity contribution is 5.76. The molecule has 0 heterocycles. The topological polar surface area (TPSA) is 57.5 Å². The van der Waals surface area contributed by atoms with Crippen LogP contribution in [-0.4, -0.2) is 22.3 Å². The lowest BCUT2D eigenvalue weighted by Crippen LogP contribution is -2.50. The van der Waals surface area contributed by atoms with E-state index in [1.807, 2.05) is 13.8 Å². The standard InChI is InChI=1S/C9H16O3/c1-6(2)7(10)9(8(11)12)4-3-5-9/h6-7,10H,3-5H2,1-2H3,(H,11,12). The van der Waals surface area contributed by atoms with E-state index >= 15 is 0 Å². The van der Waals surface area contributed by atoms with Gasteiger partial charge in [-0.15, -0.1) is 0 Å². The molecule has 1 unspecified atom stereocenters. The Labute approximate surface area is 72.4 Å². The van der Waals surface area contributed by atoms with Gasteiger partial charge in [-0.3, -0.25) is 4.79 Å². The first-order chi connectivity index (χ1) is 5.50. The number of carboxylic acids is 1. The van der Waals surface area contributed by atoms with Gasteiger partial charge in [-0.25, -0.2) is 0 Å². The van der Waals surface area contributed by atoms with Crippen molar-refractivity contribution in [2.24, 2.45) is 11.3 Å². The monoisotopic (exact) mass is 172 g/mol. The Kier molecular flexibility index (Phi) is 2.42. The number of hydrogen-bond acceptors (Lipinski definition) is 2. The molecule has 0 aromatic carbocycles. The van der Waals surface area contributed by atoms with E-state index in [1.54, 1.807) is 0 Å². The molecule has 0 aliphatic heterocycles. The van der Waals surface area contributed by atoms with Crippen LogP contribution in [0.1, 0.15) is 33.1 Å². The first kappa shape index (κ1) is 9.52. The number of aliphatic hydroxyl groups is 1. The van der Waals surface area contributed by atoms with E-state index in [0.29, 0.717) is 12.8 Å². The number of hydrogen-bond donors (Lipinski definition) is 2. The van der Waals surface area contributed by atoms with E-state index in [4.69, 9.17) is 5.11 Å². The summed E-state index contributed by atoms with van der Waals surface area (Å²) in [5, 5.41) is 18.6. The van der Waals surface area contributed by atoms with E-state index in [9.17, 15) is 9.90 Å². The smallest absolute Gasteiger partial charge is 0.312 e. The number of aliphatic hydroxyl groups excluding tert-OH is 1. The molecule has 0 aromatic rings. The fourth-order valence-corrected chi connectivity index (χ4v) is 1.83. The van der Waals surface area contributed by atoms with Crippen LogP contribution in [0.4, 0.5) is 0 Å². The van der Waals surface area contributed by atoms with Crippen LogP contribution in [0, 0.1) is 11.3 Å². The number of carboxylic acid groups (broad SMARTS) is 1. The first-order valence-electron chi connectivity index (χ1n) is 4.42. The molecule has 3 heteroatoms. The molecule has 0 bridgehead atoms. The predicted octanol–water partition coefficient (Wildman–Crippen LogP) is 1.26. The number of rotatable bonds is 3. The Morgan fingerprint density at radius 3 is 2.00 bits per heavy atom. The second-order valence-corrected chi connectivity index (χ2v) is 4.00.